The van der Waals surface area contributed by atoms with Crippen LogP contribution in [0.2, 0.25) is 25.7 Å². The number of carbonyl (C=O) groups is 1. The van der Waals surface area contributed by atoms with E-state index in [9.17, 15) is 26.4 Å². The quantitative estimate of drug-likeness (QED) is 0.259. The lowest BCUT2D eigenvalue weighted by atomic mass is 10.0. The molecule has 0 aromatic heterocycles. The minimum Gasteiger partial charge on any atom is -0.469 e. The van der Waals surface area contributed by atoms with Gasteiger partial charge in [-0.15, -0.1) is 0 Å². The Labute approximate surface area is 152 Å². The smallest absolute Gasteiger partial charge is 0.469 e. The maximum Gasteiger partial charge on any atom is 0.534 e. The Morgan fingerprint density at radius 1 is 1.35 bits per heavy atom. The topological polar surface area (TPSA) is 78.9 Å². The van der Waals surface area contributed by atoms with Crippen LogP contribution in [0.5, 0.6) is 0 Å². The first-order valence-electron chi connectivity index (χ1n) is 8.17. The van der Waals surface area contributed by atoms with Gasteiger partial charge in [-0.05, 0) is 25.0 Å². The molecule has 0 saturated heterocycles. The van der Waals surface area contributed by atoms with Crippen LogP contribution in [0.4, 0.5) is 13.2 Å². The fourth-order valence-electron chi connectivity index (χ4n) is 2.54. The highest BCUT2D eigenvalue weighted by molar-refractivity contribution is 7.87. The summed E-state index contributed by atoms with van der Waals surface area (Å²) >= 11 is 0. The van der Waals surface area contributed by atoms with Gasteiger partial charge in [0.1, 0.15) is 5.76 Å². The van der Waals surface area contributed by atoms with Crippen molar-refractivity contribution in [1.82, 2.24) is 0 Å². The van der Waals surface area contributed by atoms with Crippen molar-refractivity contribution in [3.8, 4) is 0 Å². The van der Waals surface area contributed by atoms with Crippen molar-refractivity contribution in [3.63, 3.8) is 0 Å². The fourth-order valence-corrected chi connectivity index (χ4v) is 4.46. The van der Waals surface area contributed by atoms with Crippen LogP contribution in [-0.2, 0) is 28.6 Å². The molecule has 0 N–H and O–H groups in total. The minimum atomic E-state index is -5.71. The van der Waals surface area contributed by atoms with Gasteiger partial charge in [0.2, 0.25) is 0 Å². The molecule has 1 heterocycles. The average molecular weight is 419 g/mol. The van der Waals surface area contributed by atoms with Crippen LogP contribution in [0.25, 0.3) is 0 Å². The molecule has 0 aromatic rings. The Morgan fingerprint density at radius 2 is 1.96 bits per heavy atom. The molecule has 1 aliphatic heterocycles. The molecule has 0 fully saturated rings. The molecule has 11 heteroatoms. The zero-order valence-electron chi connectivity index (χ0n) is 15.3. The number of halogens is 3. The number of ether oxygens (including phenoxy) is 2. The van der Waals surface area contributed by atoms with Crippen molar-refractivity contribution in [2.24, 2.45) is 0 Å². The third-order valence-corrected chi connectivity index (χ3v) is 6.24. The lowest BCUT2D eigenvalue weighted by Crippen LogP contribution is -2.35. The molecule has 1 unspecified atom stereocenters. The van der Waals surface area contributed by atoms with Crippen molar-refractivity contribution >= 4 is 24.2 Å². The van der Waals surface area contributed by atoms with Gasteiger partial charge in [0.05, 0.1) is 19.3 Å². The van der Waals surface area contributed by atoms with Crippen LogP contribution in [0.3, 0.4) is 0 Å². The van der Waals surface area contributed by atoms with E-state index in [1.807, 2.05) is 0 Å². The highest BCUT2D eigenvalue weighted by Crippen LogP contribution is 2.32. The van der Waals surface area contributed by atoms with Crippen LogP contribution >= 0.6 is 0 Å². The third kappa shape index (κ3) is 7.66. The summed E-state index contributed by atoms with van der Waals surface area (Å²) in [7, 11) is -6.07. The second kappa shape index (κ2) is 8.74. The molecule has 0 spiro atoms. The van der Waals surface area contributed by atoms with Gasteiger partial charge in [-0.1, -0.05) is 19.6 Å². The van der Waals surface area contributed by atoms with E-state index in [1.54, 1.807) is 0 Å². The second-order valence-electron chi connectivity index (χ2n) is 7.35. The number of hydrogen-bond acceptors (Lipinski definition) is 6. The van der Waals surface area contributed by atoms with Gasteiger partial charge in [0.25, 0.3) is 0 Å². The van der Waals surface area contributed by atoms with Crippen molar-refractivity contribution in [2.45, 2.75) is 69.1 Å². The van der Waals surface area contributed by atoms with E-state index in [0.717, 1.165) is 0 Å². The lowest BCUT2D eigenvalue weighted by Gasteiger charge is -2.32. The molecule has 0 saturated carbocycles. The highest BCUT2D eigenvalue weighted by Gasteiger charge is 2.49. The number of alkyl halides is 3. The molecule has 1 aliphatic rings. The number of rotatable bonds is 8. The van der Waals surface area contributed by atoms with E-state index in [-0.39, 0.29) is 18.6 Å². The van der Waals surface area contributed by atoms with Gasteiger partial charge in [-0.2, -0.15) is 21.6 Å². The van der Waals surface area contributed by atoms with Crippen molar-refractivity contribution in [3.05, 3.63) is 11.8 Å². The van der Waals surface area contributed by atoms with Crippen molar-refractivity contribution < 1.29 is 40.0 Å². The SMILES string of the molecule is COC(=O)CCC[C@@H]1CC(OS(=O)(=O)C(F)(F)F)=CC(C[Si](C)(C)C)O1. The van der Waals surface area contributed by atoms with Gasteiger partial charge in [-0.3, -0.25) is 4.79 Å². The summed E-state index contributed by atoms with van der Waals surface area (Å²) in [6.07, 6.45) is 1.12. The summed E-state index contributed by atoms with van der Waals surface area (Å²) in [6.45, 7) is 6.20. The summed E-state index contributed by atoms with van der Waals surface area (Å²) < 4.78 is 75.0. The third-order valence-electron chi connectivity index (χ3n) is 3.62. The molecule has 2 atom stereocenters. The van der Waals surface area contributed by atoms with E-state index in [1.165, 1.54) is 13.2 Å². The monoisotopic (exact) mass is 418 g/mol. The molecular formula is C15H25F3O6SSi. The van der Waals surface area contributed by atoms with E-state index >= 15 is 0 Å². The second-order valence-corrected chi connectivity index (χ2v) is 14.4. The summed E-state index contributed by atoms with van der Waals surface area (Å²) in [5.74, 6) is -0.661. The zero-order valence-corrected chi connectivity index (χ0v) is 17.1. The maximum atomic E-state index is 12.6. The van der Waals surface area contributed by atoms with Gasteiger partial charge >= 0.3 is 21.6 Å². The molecule has 0 aliphatic carbocycles. The van der Waals surface area contributed by atoms with E-state index in [2.05, 4.69) is 28.6 Å². The Morgan fingerprint density at radius 3 is 2.46 bits per heavy atom. The number of methoxy groups -OCH3 is 1. The molecule has 0 aromatic carbocycles. The summed E-state index contributed by atoms with van der Waals surface area (Å²) in [6, 6.07) is 0.611. The van der Waals surface area contributed by atoms with Crippen LogP contribution in [-0.4, -0.2) is 47.3 Å². The van der Waals surface area contributed by atoms with E-state index in [0.29, 0.717) is 18.9 Å². The average Bonchev–Trinajstić information content (AvgIpc) is 2.43. The van der Waals surface area contributed by atoms with Crippen LogP contribution in [0.15, 0.2) is 11.8 Å². The van der Waals surface area contributed by atoms with Gasteiger partial charge in [0.15, 0.2) is 0 Å². The summed E-state index contributed by atoms with van der Waals surface area (Å²) in [5, 5.41) is 0. The molecular weight excluding hydrogens is 393 g/mol. The predicted molar refractivity (Wildman–Crippen MR) is 91.4 cm³/mol. The Bertz CT molecular complexity index is 624. The molecule has 6 nitrogen and oxygen atoms in total. The lowest BCUT2D eigenvalue weighted by molar-refractivity contribution is -0.140. The number of esters is 1. The normalized spacial score (nSPS) is 21.9. The first kappa shape index (κ1) is 23.0. The fraction of sp³-hybridized carbons (Fsp3) is 0.800. The highest BCUT2D eigenvalue weighted by atomic mass is 32.2. The van der Waals surface area contributed by atoms with Gasteiger partial charge < -0.3 is 13.7 Å². The van der Waals surface area contributed by atoms with E-state index < -0.39 is 41.9 Å². The minimum absolute atomic E-state index is 0.0985. The molecule has 0 amide bonds. The van der Waals surface area contributed by atoms with E-state index in [4.69, 9.17) is 4.74 Å². The van der Waals surface area contributed by atoms with Gasteiger partial charge in [0, 0.05) is 20.9 Å². The Kier molecular flexibility index (Phi) is 7.72. The van der Waals surface area contributed by atoms with Crippen molar-refractivity contribution in [2.75, 3.05) is 7.11 Å². The number of hydrogen-bond donors (Lipinski definition) is 0. The largest absolute Gasteiger partial charge is 0.534 e. The maximum absolute atomic E-state index is 12.6. The molecule has 1 rings (SSSR count). The Balaban J connectivity index is 2.87. The predicted octanol–water partition coefficient (Wildman–Crippen LogP) is 3.58. The summed E-state index contributed by atoms with van der Waals surface area (Å²) in [4.78, 5) is 11.2. The standard InChI is InChI=1S/C15H25F3O6SSi/c1-22-14(19)7-5-6-11-8-12(24-25(20,21)15(16,17)18)9-13(23-11)10-26(2,3)4/h9,11,13H,5-8,10H2,1-4H3/t11-,13?/m1/s1. The zero-order chi connectivity index (χ0) is 20.2. The van der Waals surface area contributed by atoms with Crippen LogP contribution < -0.4 is 0 Å². The number of carbonyl (C=O) groups excluding carboxylic acids is 1. The first-order chi connectivity index (χ1) is 11.7. The summed E-state index contributed by atoms with van der Waals surface area (Å²) in [5.41, 5.74) is -5.49. The first-order valence-corrected chi connectivity index (χ1v) is 13.3. The van der Waals surface area contributed by atoms with Crippen LogP contribution in [0, 0.1) is 0 Å². The molecule has 0 bridgehead atoms. The molecule has 152 valence electrons. The molecule has 0 radical (unpaired) electrons. The van der Waals surface area contributed by atoms with Crippen LogP contribution in [0.1, 0.15) is 25.7 Å². The molecule has 26 heavy (non-hydrogen) atoms. The van der Waals surface area contributed by atoms with Crippen molar-refractivity contribution in [1.29, 1.82) is 0 Å². The van der Waals surface area contributed by atoms with Gasteiger partial charge in [-0.25, -0.2) is 0 Å². The Hall–Kier alpha value is -1.07.